The molecule has 0 bridgehead atoms. The maximum Gasteiger partial charge on any atom is 0.0878 e. The van der Waals surface area contributed by atoms with E-state index in [1.54, 1.807) is 0 Å². The molecular weight excluding hydrogens is 107 g/mol. The van der Waals surface area contributed by atoms with Crippen LogP contribution in [0.15, 0.2) is 4.74 Å². The van der Waals surface area contributed by atoms with Crippen molar-refractivity contribution in [1.82, 2.24) is 0 Å². The average Bonchev–Trinajstić information content (AvgIpc) is 1.30. The lowest BCUT2D eigenvalue weighted by Crippen LogP contribution is -2.06. The summed E-state index contributed by atoms with van der Waals surface area (Å²) in [6.07, 6.45) is 0. The Bertz CT molecular complexity index is 72.2. The van der Waals surface area contributed by atoms with Crippen LogP contribution in [0, 0.1) is 0 Å². The van der Waals surface area contributed by atoms with Crippen LogP contribution in [0.5, 0.6) is 0 Å². The second-order valence-electron chi connectivity index (χ2n) is 2.39. The Morgan fingerprint density at radius 3 is 1.86 bits per heavy atom. The summed E-state index contributed by atoms with van der Waals surface area (Å²) < 4.78 is 4.01. The molecule has 3 heteroatoms. The van der Waals surface area contributed by atoms with Gasteiger partial charge in [0, 0.05) is 0 Å². The lowest BCUT2D eigenvalue weighted by atomic mass is 10.1. The molecule has 0 amide bonds. The Morgan fingerprint density at radius 1 is 1.43 bits per heavy atom. The van der Waals surface area contributed by atoms with Gasteiger partial charge in [-0.05, 0) is 20.8 Å². The monoisotopic (exact) mass is 118 g/mol. The van der Waals surface area contributed by atoms with Gasteiger partial charge in [-0.3, -0.25) is 5.50 Å². The van der Waals surface area contributed by atoms with Crippen molar-refractivity contribution in [3.8, 4) is 0 Å². The van der Waals surface area contributed by atoms with E-state index in [1.807, 2.05) is 20.8 Å². The van der Waals surface area contributed by atoms with Crippen LogP contribution in [0.2, 0.25) is 0 Å². The molecule has 0 rings (SSSR count). The van der Waals surface area contributed by atoms with Gasteiger partial charge in [0.05, 0.1) is 14.1 Å². The molecule has 0 aromatic carbocycles. The second kappa shape index (κ2) is 2.39. The predicted octanol–water partition coefficient (Wildman–Crippen LogP) is 1.79. The largest absolute Gasteiger partial charge is 0.269 e. The Balaban J connectivity index is 3.56. The molecule has 0 aliphatic heterocycles. The highest BCUT2D eigenvalue weighted by atomic mass is 31.1. The summed E-state index contributed by atoms with van der Waals surface area (Å²) in [5, 5.41) is 0. The zero-order valence-corrected chi connectivity index (χ0v) is 5.87. The van der Waals surface area contributed by atoms with Gasteiger partial charge in [0.15, 0.2) is 0 Å². The van der Waals surface area contributed by atoms with E-state index in [9.17, 15) is 0 Å². The van der Waals surface area contributed by atoms with Crippen molar-refractivity contribution in [3.05, 3.63) is 0 Å². The molecule has 7 heavy (non-hydrogen) atoms. The normalized spacial score (nSPS) is 13.1. The quantitative estimate of drug-likeness (QED) is 0.484. The van der Waals surface area contributed by atoms with Gasteiger partial charge < -0.3 is 0 Å². The molecular formula is C4H11N2P. The summed E-state index contributed by atoms with van der Waals surface area (Å²) in [6.45, 7) is 6.06. The van der Waals surface area contributed by atoms with Gasteiger partial charge in [0.1, 0.15) is 0 Å². The highest BCUT2D eigenvalue weighted by molar-refractivity contribution is 7.23. The second-order valence-corrected chi connectivity index (χ2v) is 2.82. The van der Waals surface area contributed by atoms with E-state index in [2.05, 4.69) is 4.74 Å². The van der Waals surface area contributed by atoms with Crippen LogP contribution in [0.3, 0.4) is 0 Å². The number of hydrogen-bond donors (Lipinski definition) is 1. The van der Waals surface area contributed by atoms with Crippen molar-refractivity contribution < 1.29 is 0 Å². The van der Waals surface area contributed by atoms with Crippen LogP contribution in [0.1, 0.15) is 20.8 Å². The van der Waals surface area contributed by atoms with Gasteiger partial charge in [-0.1, -0.05) is 0 Å². The number of hydrogen-bond acceptors (Lipinski definition) is 1. The fourth-order valence-electron chi connectivity index (χ4n) is 0.173. The van der Waals surface area contributed by atoms with E-state index >= 15 is 0 Å². The van der Waals surface area contributed by atoms with Crippen molar-refractivity contribution in [2.45, 2.75) is 26.3 Å². The minimum Gasteiger partial charge on any atom is -0.269 e. The molecule has 0 aliphatic carbocycles. The van der Waals surface area contributed by atoms with Gasteiger partial charge in [-0.15, -0.1) is 0 Å². The molecule has 0 fully saturated rings. The van der Waals surface area contributed by atoms with E-state index in [0.717, 1.165) is 0 Å². The zero-order chi connectivity index (χ0) is 5.91. The summed E-state index contributed by atoms with van der Waals surface area (Å²) in [5.41, 5.74) is 5.16. The number of rotatable bonds is 0. The van der Waals surface area contributed by atoms with Gasteiger partial charge in [-0.2, -0.15) is 0 Å². The van der Waals surface area contributed by atoms with E-state index in [4.69, 9.17) is 5.50 Å². The Morgan fingerprint density at radius 2 is 1.86 bits per heavy atom. The first-order valence-corrected chi connectivity index (χ1v) is 3.10. The van der Waals surface area contributed by atoms with Gasteiger partial charge in [-0.25, -0.2) is 4.74 Å². The highest BCUT2D eigenvalue weighted by Gasteiger charge is 2.03. The maximum atomic E-state index is 5.12. The maximum absolute atomic E-state index is 5.12. The minimum atomic E-state index is 0.0380. The molecule has 0 aromatic rings. The van der Waals surface area contributed by atoms with E-state index in [-0.39, 0.29) is 5.54 Å². The van der Waals surface area contributed by atoms with Crippen molar-refractivity contribution in [2.75, 3.05) is 0 Å². The first-order chi connectivity index (χ1) is 3.06. The van der Waals surface area contributed by atoms with Crippen molar-refractivity contribution in [3.63, 3.8) is 0 Å². The van der Waals surface area contributed by atoms with Crippen molar-refractivity contribution in [1.29, 1.82) is 0 Å². The molecule has 0 atom stereocenters. The van der Waals surface area contributed by atoms with Gasteiger partial charge in [0.25, 0.3) is 0 Å². The van der Waals surface area contributed by atoms with Crippen LogP contribution in [-0.4, -0.2) is 5.54 Å². The molecule has 0 heterocycles. The van der Waals surface area contributed by atoms with E-state index < -0.39 is 0 Å². The summed E-state index contributed by atoms with van der Waals surface area (Å²) in [6, 6.07) is 0. The lowest BCUT2D eigenvalue weighted by Gasteiger charge is -2.07. The Labute approximate surface area is 46.0 Å². The lowest BCUT2D eigenvalue weighted by molar-refractivity contribution is 0.592. The first kappa shape index (κ1) is 7.06. The zero-order valence-electron chi connectivity index (χ0n) is 4.97. The number of nitrogens with zero attached hydrogens (tertiary/aromatic N) is 1. The van der Waals surface area contributed by atoms with Crippen LogP contribution < -0.4 is 5.50 Å². The molecule has 0 spiro atoms. The fourth-order valence-corrected chi connectivity index (χ4v) is 0.520. The summed E-state index contributed by atoms with van der Waals surface area (Å²) >= 11 is 0. The highest BCUT2D eigenvalue weighted by Crippen LogP contribution is 2.09. The molecule has 2 N–H and O–H groups in total. The first-order valence-electron chi connectivity index (χ1n) is 2.18. The van der Waals surface area contributed by atoms with E-state index in [0.29, 0.717) is 8.52 Å². The molecule has 0 saturated carbocycles. The molecule has 0 unspecified atom stereocenters. The third-order valence-corrected chi connectivity index (χ3v) is 1.07. The summed E-state index contributed by atoms with van der Waals surface area (Å²) in [4.78, 5) is 0. The van der Waals surface area contributed by atoms with Crippen LogP contribution in [0.25, 0.3) is 0 Å². The van der Waals surface area contributed by atoms with Gasteiger partial charge >= 0.3 is 0 Å². The molecule has 0 radical (unpaired) electrons. The van der Waals surface area contributed by atoms with Crippen LogP contribution >= 0.6 is 8.52 Å². The molecule has 0 saturated heterocycles. The summed E-state index contributed by atoms with van der Waals surface area (Å²) in [7, 11) is 0.634. The van der Waals surface area contributed by atoms with Crippen molar-refractivity contribution in [2.24, 2.45) is 10.2 Å². The third kappa shape index (κ3) is 6.06. The van der Waals surface area contributed by atoms with Crippen LogP contribution in [0.4, 0.5) is 0 Å². The molecule has 0 aliphatic rings. The Kier molecular flexibility index (Phi) is 2.41. The smallest absolute Gasteiger partial charge is 0.0878 e. The summed E-state index contributed by atoms with van der Waals surface area (Å²) in [5.74, 6) is 0. The van der Waals surface area contributed by atoms with Gasteiger partial charge in [0.2, 0.25) is 0 Å². The van der Waals surface area contributed by atoms with Crippen molar-refractivity contribution >= 4 is 8.52 Å². The molecule has 0 aromatic heterocycles. The standard InChI is InChI=1S/C4H11N2P/c1-4(2,3)6-7-5/h1-3H3,(H2,5,6). The fraction of sp³-hybridized carbons (Fsp3) is 1.00. The minimum absolute atomic E-state index is 0.0380. The molecule has 42 valence electrons. The molecule has 2 nitrogen and oxygen atoms in total. The topological polar surface area (TPSA) is 38.4 Å². The Hall–Kier alpha value is 0.0600. The van der Waals surface area contributed by atoms with Crippen LogP contribution in [-0.2, 0) is 0 Å². The average molecular weight is 118 g/mol. The van der Waals surface area contributed by atoms with E-state index in [1.165, 1.54) is 0 Å². The predicted molar refractivity (Wildman–Crippen MR) is 33.3 cm³/mol. The number of nitrogens with two attached hydrogens (primary N) is 1. The third-order valence-electron chi connectivity index (χ3n) is 0.358. The SMILES string of the molecule is CC(C)(C)N=PN.